The summed E-state index contributed by atoms with van der Waals surface area (Å²) in [6.07, 6.45) is 0.214. The van der Waals surface area contributed by atoms with Crippen LogP contribution in [0.1, 0.15) is 50.8 Å². The Labute approximate surface area is 205 Å². The molecule has 0 N–H and O–H groups in total. The lowest BCUT2D eigenvalue weighted by Gasteiger charge is -2.36. The van der Waals surface area contributed by atoms with Gasteiger partial charge in [-0.3, -0.25) is 4.79 Å². The van der Waals surface area contributed by atoms with Gasteiger partial charge >= 0.3 is 11.9 Å². The molecule has 0 spiro atoms. The Morgan fingerprint density at radius 1 is 0.914 bits per heavy atom. The van der Waals surface area contributed by atoms with Gasteiger partial charge in [0.05, 0.1) is 19.6 Å². The molecule has 3 aromatic carbocycles. The maximum Gasteiger partial charge on any atom is 0.352 e. The van der Waals surface area contributed by atoms with Crippen LogP contribution in [0.2, 0.25) is 0 Å². The molecule has 6 nitrogen and oxygen atoms in total. The molecule has 1 heterocycles. The van der Waals surface area contributed by atoms with E-state index in [0.29, 0.717) is 29.9 Å². The number of ether oxygens (including phenoxy) is 4. The second-order valence-electron chi connectivity index (χ2n) is 10.1. The largest absolute Gasteiger partial charge is 0.496 e. The molecule has 35 heavy (non-hydrogen) atoms. The van der Waals surface area contributed by atoms with Crippen LogP contribution < -0.4 is 9.47 Å². The minimum Gasteiger partial charge on any atom is -0.496 e. The summed E-state index contributed by atoms with van der Waals surface area (Å²) in [6, 6.07) is 19.1. The van der Waals surface area contributed by atoms with Crippen molar-refractivity contribution in [3.63, 3.8) is 0 Å². The number of methoxy groups -OCH3 is 2. The van der Waals surface area contributed by atoms with Crippen LogP contribution in [0.15, 0.2) is 60.7 Å². The van der Waals surface area contributed by atoms with E-state index in [9.17, 15) is 9.59 Å². The predicted molar refractivity (Wildman–Crippen MR) is 131 cm³/mol. The molecule has 1 aliphatic heterocycles. The Morgan fingerprint density at radius 3 is 2.14 bits per heavy atom. The second-order valence-corrected chi connectivity index (χ2v) is 10.1. The summed E-state index contributed by atoms with van der Waals surface area (Å²) in [7, 11) is 3.21. The van der Waals surface area contributed by atoms with Gasteiger partial charge in [0.15, 0.2) is 6.10 Å². The molecule has 0 aromatic heterocycles. The van der Waals surface area contributed by atoms with Gasteiger partial charge in [0.1, 0.15) is 11.5 Å². The summed E-state index contributed by atoms with van der Waals surface area (Å²) in [4.78, 5) is 26.7. The molecule has 0 radical (unpaired) electrons. The number of hydrogen-bond donors (Lipinski definition) is 0. The van der Waals surface area contributed by atoms with Crippen LogP contribution in [0.3, 0.4) is 0 Å². The van der Waals surface area contributed by atoms with Crippen molar-refractivity contribution in [2.75, 3.05) is 14.2 Å². The summed E-state index contributed by atoms with van der Waals surface area (Å²) in [5.41, 5.74) is -1.34. The van der Waals surface area contributed by atoms with E-state index in [1.54, 1.807) is 14.2 Å². The third-order valence-corrected chi connectivity index (χ3v) is 8.43. The van der Waals surface area contributed by atoms with Crippen LogP contribution in [0.5, 0.6) is 11.5 Å². The molecule has 0 amide bonds. The number of esters is 2. The summed E-state index contributed by atoms with van der Waals surface area (Å²) < 4.78 is 23.7. The van der Waals surface area contributed by atoms with Crippen molar-refractivity contribution in [1.29, 1.82) is 0 Å². The van der Waals surface area contributed by atoms with Crippen LogP contribution in [0.25, 0.3) is 10.8 Å². The molecule has 1 aliphatic carbocycles. The third kappa shape index (κ3) is 3.08. The van der Waals surface area contributed by atoms with Gasteiger partial charge in [-0.25, -0.2) is 4.79 Å². The van der Waals surface area contributed by atoms with Crippen LogP contribution in [0.4, 0.5) is 0 Å². The molecule has 2 bridgehead atoms. The van der Waals surface area contributed by atoms with Crippen LogP contribution in [-0.2, 0) is 19.1 Å². The second kappa shape index (κ2) is 8.01. The fourth-order valence-electron chi connectivity index (χ4n) is 5.77. The number of benzene rings is 3. The Bertz CT molecular complexity index is 1310. The molecule has 3 aromatic rings. The Kier molecular flexibility index (Phi) is 5.31. The van der Waals surface area contributed by atoms with Gasteiger partial charge in [-0.1, -0.05) is 68.4 Å². The highest BCUT2D eigenvalue weighted by molar-refractivity contribution is 5.96. The lowest BCUT2D eigenvalue weighted by Crippen LogP contribution is -2.49. The van der Waals surface area contributed by atoms with Gasteiger partial charge in [0.25, 0.3) is 0 Å². The molecule has 6 heteroatoms. The summed E-state index contributed by atoms with van der Waals surface area (Å²) in [5, 5.41) is 1.74. The van der Waals surface area contributed by atoms with Crippen LogP contribution in [-0.4, -0.2) is 31.8 Å². The van der Waals surface area contributed by atoms with Crippen molar-refractivity contribution >= 4 is 22.7 Å². The Balaban J connectivity index is 1.66. The van der Waals surface area contributed by atoms with Gasteiger partial charge in [0, 0.05) is 21.8 Å². The van der Waals surface area contributed by atoms with Crippen molar-refractivity contribution in [1.82, 2.24) is 0 Å². The first-order valence-corrected chi connectivity index (χ1v) is 11.8. The number of carbonyl (C=O) groups is 2. The van der Waals surface area contributed by atoms with Crippen molar-refractivity contribution in [2.24, 2.45) is 10.8 Å². The molecule has 3 atom stereocenters. The van der Waals surface area contributed by atoms with Crippen LogP contribution in [0, 0.1) is 10.8 Å². The summed E-state index contributed by atoms with van der Waals surface area (Å²) in [5.74, 6) is 0.360. The van der Waals surface area contributed by atoms with E-state index in [2.05, 4.69) is 0 Å². The maximum absolute atomic E-state index is 13.9. The molecule has 182 valence electrons. The monoisotopic (exact) mass is 474 g/mol. The van der Waals surface area contributed by atoms with E-state index in [0.717, 1.165) is 16.3 Å². The number of rotatable bonds is 6. The van der Waals surface area contributed by atoms with E-state index >= 15 is 0 Å². The molecule has 0 unspecified atom stereocenters. The first-order valence-electron chi connectivity index (χ1n) is 11.8. The first kappa shape index (κ1) is 23.2. The fourth-order valence-corrected chi connectivity index (χ4v) is 5.77. The summed E-state index contributed by atoms with van der Waals surface area (Å²) in [6.45, 7) is 5.72. The third-order valence-electron chi connectivity index (χ3n) is 8.43. The standard InChI is InChI=1S/C29H30O6/c1-27(2)28(3)15-16-29(27,35-25(28)30)26(31)34-23(18-11-7-6-8-12-18)21-17-22(32-4)19-13-9-10-14-20(19)24(21)33-5/h6-14,17,23H,15-16H2,1-5H3/t23-,28-,29+/m0/s1. The average Bonchev–Trinajstić information content (AvgIpc) is 3.17. The molecular formula is C29H30O6. The fraction of sp³-hybridized carbons (Fsp3) is 0.379. The van der Waals surface area contributed by atoms with E-state index in [-0.39, 0.29) is 5.97 Å². The van der Waals surface area contributed by atoms with Gasteiger partial charge in [-0.15, -0.1) is 0 Å². The SMILES string of the molecule is COc1cc([C@@H](OC(=O)[C@@]23CC[C@@](C)(C(=O)O2)C3(C)C)c2ccccc2)c(OC)c2ccccc12. The quantitative estimate of drug-likeness (QED) is 0.433. The molecule has 2 aliphatic rings. The van der Waals surface area contributed by atoms with Gasteiger partial charge in [-0.05, 0) is 31.4 Å². The maximum atomic E-state index is 13.9. The van der Waals surface area contributed by atoms with Gasteiger partial charge < -0.3 is 18.9 Å². The van der Waals surface area contributed by atoms with Crippen molar-refractivity contribution in [3.05, 3.63) is 71.8 Å². The smallest absolute Gasteiger partial charge is 0.352 e. The molecule has 2 fully saturated rings. The number of fused-ring (bicyclic) bond motifs is 3. The molecular weight excluding hydrogens is 444 g/mol. The topological polar surface area (TPSA) is 71.1 Å². The minimum absolute atomic E-state index is 0.341. The van der Waals surface area contributed by atoms with E-state index in [4.69, 9.17) is 18.9 Å². The zero-order valence-corrected chi connectivity index (χ0v) is 20.7. The highest BCUT2D eigenvalue weighted by Crippen LogP contribution is 2.66. The van der Waals surface area contributed by atoms with Crippen LogP contribution >= 0.6 is 0 Å². The highest BCUT2D eigenvalue weighted by Gasteiger charge is 2.76. The normalized spacial score (nSPS) is 25.2. The first-order chi connectivity index (χ1) is 16.7. The van der Waals surface area contributed by atoms with Crippen molar-refractivity contribution < 1.29 is 28.5 Å². The lowest BCUT2D eigenvalue weighted by molar-refractivity contribution is -0.186. The minimum atomic E-state index is -1.33. The highest BCUT2D eigenvalue weighted by atomic mass is 16.6. The van der Waals surface area contributed by atoms with E-state index < -0.39 is 28.5 Å². The van der Waals surface area contributed by atoms with E-state index in [1.165, 1.54) is 0 Å². The Morgan fingerprint density at radius 2 is 1.57 bits per heavy atom. The van der Waals surface area contributed by atoms with Gasteiger partial charge in [0.2, 0.25) is 5.60 Å². The van der Waals surface area contributed by atoms with Gasteiger partial charge in [-0.2, -0.15) is 0 Å². The lowest BCUT2D eigenvalue weighted by atomic mass is 9.66. The predicted octanol–water partition coefficient (Wildman–Crippen LogP) is 5.61. The zero-order chi connectivity index (χ0) is 25.0. The Hall–Kier alpha value is -3.54. The molecule has 1 saturated heterocycles. The number of carbonyl (C=O) groups excluding carboxylic acids is 2. The zero-order valence-electron chi connectivity index (χ0n) is 20.7. The van der Waals surface area contributed by atoms with Crippen molar-refractivity contribution in [2.45, 2.75) is 45.3 Å². The van der Waals surface area contributed by atoms with E-state index in [1.807, 2.05) is 81.4 Å². The van der Waals surface area contributed by atoms with Crippen molar-refractivity contribution in [3.8, 4) is 11.5 Å². The average molecular weight is 475 g/mol. The molecule has 1 saturated carbocycles. The summed E-state index contributed by atoms with van der Waals surface area (Å²) >= 11 is 0. The molecule has 5 rings (SSSR count). The number of hydrogen-bond acceptors (Lipinski definition) is 6.